The number of benzene rings is 3. The molecule has 3 aromatic carbocycles. The van der Waals surface area contributed by atoms with Crippen LogP contribution in [0.25, 0.3) is 10.1 Å². The zero-order valence-corrected chi connectivity index (χ0v) is 40.4. The minimum Gasteiger partial charge on any atom is -0.340 e. The largest absolute Gasteiger partial charge is 0.399 e. The van der Waals surface area contributed by atoms with Gasteiger partial charge < -0.3 is 34.7 Å². The highest BCUT2D eigenvalue weighted by molar-refractivity contribution is 7.52. The molecule has 4 saturated heterocycles. The van der Waals surface area contributed by atoms with Gasteiger partial charge in [0.25, 0.3) is 11.8 Å². The van der Waals surface area contributed by atoms with E-state index in [-0.39, 0.29) is 84.7 Å². The second-order valence-electron chi connectivity index (χ2n) is 18.9. The van der Waals surface area contributed by atoms with Gasteiger partial charge in [-0.05, 0) is 97.9 Å². The number of hydrogen-bond acceptors (Lipinski definition) is 9. The summed E-state index contributed by atoms with van der Waals surface area (Å²) in [5.74, 6) is 3.82. The van der Waals surface area contributed by atoms with Crippen molar-refractivity contribution in [2.45, 2.75) is 113 Å². The molecular formula is C51H53F2N6O10PS. The Kier molecular flexibility index (Phi) is 14.3. The molecule has 5 atom stereocenters. The number of amides is 7. The normalized spacial score (nSPS) is 22.7. The first-order valence-electron chi connectivity index (χ1n) is 24.0. The maximum atomic E-state index is 14.8. The van der Waals surface area contributed by atoms with E-state index in [4.69, 9.17) is 0 Å². The minimum atomic E-state index is -5.85. The van der Waals surface area contributed by atoms with Crippen LogP contribution in [0, 0.1) is 11.8 Å². The molecule has 0 spiro atoms. The summed E-state index contributed by atoms with van der Waals surface area (Å²) >= 11 is 0.944. The van der Waals surface area contributed by atoms with Crippen LogP contribution in [0.2, 0.25) is 0 Å². The lowest BCUT2D eigenvalue weighted by atomic mass is 9.99. The number of nitrogens with zero attached hydrogens (tertiary/aromatic N) is 4. The molecule has 1 aromatic heterocycles. The molecular weight excluding hydrogens is 958 g/mol. The highest BCUT2D eigenvalue weighted by Crippen LogP contribution is 2.59. The third-order valence-electron chi connectivity index (χ3n) is 14.3. The van der Waals surface area contributed by atoms with Crippen molar-refractivity contribution in [3.63, 3.8) is 0 Å². The molecule has 0 radical (unpaired) electrons. The van der Waals surface area contributed by atoms with Gasteiger partial charge in [-0.1, -0.05) is 54.7 Å². The molecule has 4 fully saturated rings. The summed E-state index contributed by atoms with van der Waals surface area (Å²) < 4.78 is 41.2. The summed E-state index contributed by atoms with van der Waals surface area (Å²) in [6.45, 7) is 1.42. The van der Waals surface area contributed by atoms with Crippen molar-refractivity contribution in [3.8, 4) is 11.8 Å². The summed E-state index contributed by atoms with van der Waals surface area (Å²) in [6, 6.07) is 16.5. The number of unbranched alkanes of at least 4 members (excludes halogenated alkanes) is 3. The Balaban J connectivity index is 0.843. The summed E-state index contributed by atoms with van der Waals surface area (Å²) in [6.07, 6.45) is 5.27. The van der Waals surface area contributed by atoms with Crippen LogP contribution in [-0.4, -0.2) is 121 Å². The summed E-state index contributed by atoms with van der Waals surface area (Å²) in [4.78, 5) is 119. The molecule has 4 aromatic rings. The van der Waals surface area contributed by atoms with E-state index in [0.717, 1.165) is 46.6 Å². The molecule has 5 aliphatic heterocycles. The predicted molar refractivity (Wildman–Crippen MR) is 257 cm³/mol. The number of nitrogens with one attached hydrogen (secondary N) is 2. The van der Waals surface area contributed by atoms with Crippen LogP contribution >= 0.6 is 18.9 Å². The molecule has 6 heterocycles. The smallest absolute Gasteiger partial charge is 0.340 e. The average Bonchev–Trinajstić information content (AvgIpc) is 4.16. The van der Waals surface area contributed by atoms with Crippen molar-refractivity contribution in [2.24, 2.45) is 0 Å². The van der Waals surface area contributed by atoms with Gasteiger partial charge in [-0.15, -0.1) is 11.3 Å². The van der Waals surface area contributed by atoms with E-state index in [2.05, 4.69) is 22.5 Å². The summed E-state index contributed by atoms with van der Waals surface area (Å²) in [5, 5.41) is 5.25. The number of likely N-dealkylation sites (tertiary alicyclic amines) is 1. The average molecular weight is 1010 g/mol. The third-order valence-corrected chi connectivity index (χ3v) is 16.4. The second kappa shape index (κ2) is 20.4. The van der Waals surface area contributed by atoms with E-state index >= 15 is 0 Å². The Hall–Kier alpha value is -6.32. The number of thiophene rings is 1. The molecule has 20 heteroatoms. The number of piperidine rings is 1. The van der Waals surface area contributed by atoms with Crippen LogP contribution in [0.3, 0.4) is 0 Å². The van der Waals surface area contributed by atoms with Crippen molar-refractivity contribution in [2.75, 3.05) is 26.2 Å². The van der Waals surface area contributed by atoms with E-state index in [1.807, 2.05) is 41.3 Å². The molecule has 9 rings (SSSR count). The number of halogens is 2. The number of fused-ring (bicyclic) bond motifs is 3. The summed E-state index contributed by atoms with van der Waals surface area (Å²) in [7, 11) is -5.85. The van der Waals surface area contributed by atoms with Gasteiger partial charge in [0, 0.05) is 85.3 Å². The molecule has 71 heavy (non-hydrogen) atoms. The van der Waals surface area contributed by atoms with Crippen LogP contribution in [-0.2, 0) is 40.7 Å². The number of carbonyl (C=O) groups excluding carboxylic acids is 7. The van der Waals surface area contributed by atoms with Crippen molar-refractivity contribution in [1.29, 1.82) is 0 Å². The van der Waals surface area contributed by atoms with E-state index < -0.39 is 54.7 Å². The number of hydrogen-bond donors (Lipinski definition) is 4. The minimum absolute atomic E-state index is 0.0461. The Morgan fingerprint density at radius 3 is 2.44 bits per heavy atom. The lowest BCUT2D eigenvalue weighted by Gasteiger charge is -2.39. The van der Waals surface area contributed by atoms with Crippen molar-refractivity contribution < 1.29 is 56.7 Å². The monoisotopic (exact) mass is 1010 g/mol. The van der Waals surface area contributed by atoms with Crippen LogP contribution in [0.1, 0.15) is 119 Å². The standard InChI is InChI=1S/C51H53F2N6O10PS/c52-51(53,70(67,68)69)36-14-19-42-34(26-36)27-43(71-42)47(63)54-39-30-56(24-22-37-15-17-41(59(37)49(39)65)50(66)57-23-21-33(28-57)32-10-6-4-7-11-32)45(61)12-8-3-1-2-5-9-31-13-16-38-35(25-31)29-58(48(38)64)40-18-20-44(60)55-46(40)62/h4,6-7,10-11,13-14,16,19,25-27,33,37,39-41H,1-3,8,12,15,17-18,20-24,28-30H2,(H,54,63)(H,55,60,62)(H2,67,68,69)/t33-,37-,39+,40?,41+/m1/s1. The predicted octanol–water partition coefficient (Wildman–Crippen LogP) is 5.60. The highest BCUT2D eigenvalue weighted by atomic mass is 32.1. The number of imide groups is 1. The second-order valence-corrected chi connectivity index (χ2v) is 21.6. The Bertz CT molecular complexity index is 2920. The first kappa shape index (κ1) is 49.7. The molecule has 16 nitrogen and oxygen atoms in total. The van der Waals surface area contributed by atoms with Gasteiger partial charge in [0.1, 0.15) is 18.1 Å². The first-order valence-corrected chi connectivity index (χ1v) is 26.4. The maximum Gasteiger partial charge on any atom is 0.399 e. The quantitative estimate of drug-likeness (QED) is 0.0597. The van der Waals surface area contributed by atoms with Crippen LogP contribution in [0.4, 0.5) is 8.78 Å². The van der Waals surface area contributed by atoms with Crippen LogP contribution in [0.15, 0.2) is 72.8 Å². The van der Waals surface area contributed by atoms with Crippen LogP contribution < -0.4 is 10.6 Å². The van der Waals surface area contributed by atoms with E-state index in [0.29, 0.717) is 68.3 Å². The maximum absolute atomic E-state index is 14.8. The zero-order valence-electron chi connectivity index (χ0n) is 38.7. The Morgan fingerprint density at radius 1 is 0.873 bits per heavy atom. The number of alkyl halides is 2. The molecule has 5 aliphatic rings. The van der Waals surface area contributed by atoms with Gasteiger partial charge in [-0.2, -0.15) is 8.78 Å². The Labute approximate surface area is 412 Å². The fraction of sp³-hybridized carbons (Fsp3) is 0.431. The topological polar surface area (TPSA) is 214 Å². The van der Waals surface area contributed by atoms with Crippen molar-refractivity contribution >= 4 is 70.4 Å². The van der Waals surface area contributed by atoms with Crippen molar-refractivity contribution in [3.05, 3.63) is 105 Å². The molecule has 4 N–H and O–H groups in total. The van der Waals surface area contributed by atoms with E-state index in [1.54, 1.807) is 21.9 Å². The van der Waals surface area contributed by atoms with Gasteiger partial charge >= 0.3 is 13.3 Å². The molecule has 1 unspecified atom stereocenters. The van der Waals surface area contributed by atoms with Crippen molar-refractivity contribution in [1.82, 2.24) is 30.2 Å². The van der Waals surface area contributed by atoms with Gasteiger partial charge in [0.05, 0.1) is 4.88 Å². The van der Waals surface area contributed by atoms with Gasteiger partial charge in [0.2, 0.25) is 29.5 Å². The molecule has 0 saturated carbocycles. The fourth-order valence-corrected chi connectivity index (χ4v) is 11.9. The lowest BCUT2D eigenvalue weighted by Crippen LogP contribution is -2.61. The van der Waals surface area contributed by atoms with E-state index in [9.17, 15) is 56.7 Å². The highest BCUT2D eigenvalue weighted by Gasteiger charge is 2.51. The molecule has 7 amide bonds. The molecule has 0 aliphatic carbocycles. The number of carbonyl (C=O) groups is 7. The number of rotatable bonds is 12. The first-order chi connectivity index (χ1) is 34.0. The fourth-order valence-electron chi connectivity index (χ4n) is 10.5. The van der Waals surface area contributed by atoms with Gasteiger partial charge in [0.15, 0.2) is 0 Å². The third kappa shape index (κ3) is 10.4. The van der Waals surface area contributed by atoms with E-state index in [1.165, 1.54) is 17.0 Å². The zero-order chi connectivity index (χ0) is 50.2. The Morgan fingerprint density at radius 2 is 1.66 bits per heavy atom. The van der Waals surface area contributed by atoms with Gasteiger partial charge in [-0.25, -0.2) is 0 Å². The van der Waals surface area contributed by atoms with Crippen LogP contribution in [0.5, 0.6) is 0 Å². The molecule has 0 bridgehead atoms. The van der Waals surface area contributed by atoms with Gasteiger partial charge in [-0.3, -0.25) is 43.4 Å². The lowest BCUT2D eigenvalue weighted by molar-refractivity contribution is -0.148. The SMILES string of the molecule is O=C1CCC(N2Cc3cc(C#CCCCCCC(=O)N4CC[C@H]5CC[C@@H](C(=O)N6CC[C@@H](c7ccccc7)C6)N5C(=O)[C@@H](NC(=O)c5cc6cc(C(F)(F)P(=O)(O)O)ccc6s5)C4)ccc3C2=O)C(=O)N1. The molecule has 372 valence electrons. The summed E-state index contributed by atoms with van der Waals surface area (Å²) in [5.41, 5.74) is -2.25.